The van der Waals surface area contributed by atoms with E-state index in [2.05, 4.69) is 5.32 Å². The molecule has 1 aliphatic heterocycles. The first-order valence-corrected chi connectivity index (χ1v) is 11.2. The van der Waals surface area contributed by atoms with Crippen molar-refractivity contribution in [3.63, 3.8) is 0 Å². The van der Waals surface area contributed by atoms with Crippen molar-refractivity contribution in [2.24, 2.45) is 5.14 Å². The molecule has 0 aliphatic carbocycles. The molecular formula is C20H22N4O6S. The molecule has 0 saturated carbocycles. The van der Waals surface area contributed by atoms with Gasteiger partial charge in [-0.3, -0.25) is 19.7 Å². The van der Waals surface area contributed by atoms with Crippen LogP contribution in [-0.4, -0.2) is 42.6 Å². The molecule has 1 atom stereocenters. The van der Waals surface area contributed by atoms with E-state index in [1.165, 1.54) is 23.1 Å². The zero-order chi connectivity index (χ0) is 22.8. The Kier molecular flexibility index (Phi) is 6.37. The third kappa shape index (κ3) is 5.44. The topological polar surface area (TPSA) is 153 Å². The molecule has 1 fully saturated rings. The van der Waals surface area contributed by atoms with Crippen LogP contribution in [0.2, 0.25) is 0 Å². The predicted octanol–water partition coefficient (Wildman–Crippen LogP) is 1.94. The molecule has 10 nitrogen and oxygen atoms in total. The molecule has 1 heterocycles. The van der Waals surface area contributed by atoms with Crippen molar-refractivity contribution in [1.82, 2.24) is 4.90 Å². The van der Waals surface area contributed by atoms with E-state index in [-0.39, 0.29) is 28.8 Å². The fourth-order valence-corrected chi connectivity index (χ4v) is 4.24. The highest BCUT2D eigenvalue weighted by Gasteiger charge is 2.35. The molecule has 2 aromatic rings. The van der Waals surface area contributed by atoms with Crippen LogP contribution >= 0.6 is 0 Å². The van der Waals surface area contributed by atoms with E-state index in [1.807, 2.05) is 0 Å². The van der Waals surface area contributed by atoms with Gasteiger partial charge in [0, 0.05) is 29.4 Å². The van der Waals surface area contributed by atoms with Gasteiger partial charge < -0.3 is 10.2 Å². The number of primary sulfonamides is 1. The van der Waals surface area contributed by atoms with Crippen LogP contribution in [0.4, 0.5) is 11.4 Å². The molecule has 1 aliphatic rings. The van der Waals surface area contributed by atoms with Crippen LogP contribution in [0, 0.1) is 17.0 Å². The average molecular weight is 446 g/mol. The summed E-state index contributed by atoms with van der Waals surface area (Å²) < 4.78 is 22.3. The maximum atomic E-state index is 12.9. The Labute approximate surface area is 179 Å². The Hall–Kier alpha value is -3.31. The number of nitrogens with zero attached hydrogens (tertiary/aromatic N) is 2. The van der Waals surface area contributed by atoms with Gasteiger partial charge in [0.2, 0.25) is 15.9 Å². The van der Waals surface area contributed by atoms with E-state index >= 15 is 0 Å². The minimum Gasteiger partial charge on any atom is -0.327 e. The number of hydrogen-bond acceptors (Lipinski definition) is 6. The molecular weight excluding hydrogens is 424 g/mol. The molecule has 1 saturated heterocycles. The second-order valence-corrected chi connectivity index (χ2v) is 9.02. The second kappa shape index (κ2) is 8.82. The van der Waals surface area contributed by atoms with Crippen LogP contribution in [0.25, 0.3) is 0 Å². The molecule has 0 radical (unpaired) electrons. The summed E-state index contributed by atoms with van der Waals surface area (Å²) in [6.45, 7) is 1.96. The van der Waals surface area contributed by atoms with Crippen LogP contribution in [0.15, 0.2) is 42.5 Å². The van der Waals surface area contributed by atoms with E-state index in [1.54, 1.807) is 31.2 Å². The van der Waals surface area contributed by atoms with Gasteiger partial charge in [0.25, 0.3) is 11.6 Å². The fourth-order valence-electron chi connectivity index (χ4n) is 3.58. The molecule has 2 aromatic carbocycles. The maximum Gasteiger partial charge on any atom is 0.272 e. The number of hydrogen-bond donors (Lipinski definition) is 2. The van der Waals surface area contributed by atoms with E-state index < -0.39 is 21.0 Å². The molecule has 11 heteroatoms. The third-order valence-corrected chi connectivity index (χ3v) is 5.78. The maximum absolute atomic E-state index is 12.9. The van der Waals surface area contributed by atoms with Crippen LogP contribution in [0.3, 0.4) is 0 Å². The first-order valence-electron chi connectivity index (χ1n) is 9.51. The van der Waals surface area contributed by atoms with Gasteiger partial charge >= 0.3 is 0 Å². The van der Waals surface area contributed by atoms with Gasteiger partial charge in [0.1, 0.15) is 6.04 Å². The van der Waals surface area contributed by atoms with Crippen molar-refractivity contribution in [2.75, 3.05) is 11.9 Å². The summed E-state index contributed by atoms with van der Waals surface area (Å²) in [4.78, 5) is 37.6. The monoisotopic (exact) mass is 446 g/mol. The minimum absolute atomic E-state index is 0.0712. The predicted molar refractivity (Wildman–Crippen MR) is 114 cm³/mol. The summed E-state index contributed by atoms with van der Waals surface area (Å²) in [5.74, 6) is -1.02. The van der Waals surface area contributed by atoms with Crippen molar-refractivity contribution in [2.45, 2.75) is 31.6 Å². The number of likely N-dealkylation sites (tertiary alicyclic amines) is 1. The van der Waals surface area contributed by atoms with Gasteiger partial charge in [-0.25, -0.2) is 13.6 Å². The number of nitrogens with two attached hydrogens (primary N) is 1. The lowest BCUT2D eigenvalue weighted by Gasteiger charge is -2.24. The summed E-state index contributed by atoms with van der Waals surface area (Å²) in [6, 6.07) is 9.71. The first-order chi connectivity index (χ1) is 14.5. The summed E-state index contributed by atoms with van der Waals surface area (Å²) >= 11 is 0. The molecule has 2 amide bonds. The zero-order valence-electron chi connectivity index (χ0n) is 16.8. The molecule has 31 heavy (non-hydrogen) atoms. The van der Waals surface area contributed by atoms with Crippen molar-refractivity contribution >= 4 is 33.2 Å². The lowest BCUT2D eigenvalue weighted by atomic mass is 10.1. The van der Waals surface area contributed by atoms with Gasteiger partial charge in [0.15, 0.2) is 0 Å². The van der Waals surface area contributed by atoms with Crippen molar-refractivity contribution in [1.29, 1.82) is 0 Å². The molecule has 1 unspecified atom stereocenters. The Bertz CT molecular complexity index is 1130. The lowest BCUT2D eigenvalue weighted by Crippen LogP contribution is -2.43. The van der Waals surface area contributed by atoms with Gasteiger partial charge in [0.05, 0.1) is 10.7 Å². The number of nitro benzene ring substituents is 1. The van der Waals surface area contributed by atoms with Gasteiger partial charge in [-0.1, -0.05) is 12.1 Å². The summed E-state index contributed by atoms with van der Waals surface area (Å²) in [5, 5.41) is 18.8. The summed E-state index contributed by atoms with van der Waals surface area (Å²) in [6.07, 6.45) is 1.15. The molecule has 164 valence electrons. The van der Waals surface area contributed by atoms with Crippen molar-refractivity contribution in [3.8, 4) is 0 Å². The van der Waals surface area contributed by atoms with Gasteiger partial charge in [-0.2, -0.15) is 0 Å². The van der Waals surface area contributed by atoms with Crippen LogP contribution < -0.4 is 10.5 Å². The van der Waals surface area contributed by atoms with Crippen molar-refractivity contribution in [3.05, 3.63) is 69.3 Å². The van der Waals surface area contributed by atoms with E-state index in [0.29, 0.717) is 36.2 Å². The summed E-state index contributed by atoms with van der Waals surface area (Å²) in [5.41, 5.74) is 1.55. The smallest absolute Gasteiger partial charge is 0.272 e. The number of aryl methyl sites for hydroxylation is 1. The number of amides is 2. The quantitative estimate of drug-likeness (QED) is 0.511. The first kappa shape index (κ1) is 22.4. The standard InChI is InChI=1S/C20H22N4O6S/c1-13-11-15(6-9-17(13)24(27)28)20(26)23-10-2-3-18(23)19(25)22-16-7-4-14(5-8-16)12-31(21,29)30/h4-9,11,18H,2-3,10,12H2,1H3,(H,22,25)(H2,21,29,30). The highest BCUT2D eigenvalue weighted by Crippen LogP contribution is 2.25. The molecule has 0 spiro atoms. The van der Waals surface area contributed by atoms with E-state index in [4.69, 9.17) is 5.14 Å². The van der Waals surface area contributed by atoms with E-state index in [9.17, 15) is 28.1 Å². The molecule has 3 rings (SSSR count). The fraction of sp³-hybridized carbons (Fsp3) is 0.300. The Morgan fingerprint density at radius 2 is 1.90 bits per heavy atom. The number of anilines is 1. The number of nitrogens with one attached hydrogen (secondary N) is 1. The molecule has 3 N–H and O–H groups in total. The highest BCUT2D eigenvalue weighted by molar-refractivity contribution is 7.88. The number of nitro groups is 1. The highest BCUT2D eigenvalue weighted by atomic mass is 32.2. The number of benzene rings is 2. The number of sulfonamides is 1. The lowest BCUT2D eigenvalue weighted by molar-refractivity contribution is -0.385. The second-order valence-electron chi connectivity index (χ2n) is 7.41. The molecule has 0 bridgehead atoms. The summed E-state index contributed by atoms with van der Waals surface area (Å²) in [7, 11) is -3.65. The number of rotatable bonds is 6. The Balaban J connectivity index is 1.71. The normalized spacial score (nSPS) is 16.2. The largest absolute Gasteiger partial charge is 0.327 e. The Morgan fingerprint density at radius 1 is 1.23 bits per heavy atom. The van der Waals surface area contributed by atoms with Crippen molar-refractivity contribution < 1.29 is 22.9 Å². The third-order valence-electron chi connectivity index (χ3n) is 5.05. The van der Waals surface area contributed by atoms with Crippen LogP contribution in [0.5, 0.6) is 0 Å². The number of carbonyl (C=O) groups is 2. The zero-order valence-corrected chi connectivity index (χ0v) is 17.6. The van der Waals surface area contributed by atoms with Gasteiger partial charge in [-0.15, -0.1) is 0 Å². The SMILES string of the molecule is Cc1cc(C(=O)N2CCCC2C(=O)Nc2ccc(CS(N)(=O)=O)cc2)ccc1[N+](=O)[O-]. The Morgan fingerprint density at radius 3 is 2.48 bits per heavy atom. The van der Waals surface area contributed by atoms with Crippen LogP contribution in [0.1, 0.15) is 34.3 Å². The average Bonchev–Trinajstić information content (AvgIpc) is 3.17. The van der Waals surface area contributed by atoms with Crippen LogP contribution in [-0.2, 0) is 20.6 Å². The van der Waals surface area contributed by atoms with Gasteiger partial charge in [-0.05, 0) is 49.6 Å². The number of carbonyl (C=O) groups excluding carboxylic acids is 2. The van der Waals surface area contributed by atoms with E-state index in [0.717, 1.165) is 0 Å². The minimum atomic E-state index is -3.65. The molecule has 0 aromatic heterocycles.